The summed E-state index contributed by atoms with van der Waals surface area (Å²) in [5, 5.41) is 3.64. The molecular weight excluding hydrogens is 326 g/mol. The second-order valence-corrected chi connectivity index (χ2v) is 5.94. The standard InChI is InChI=1S/C18H22BrNO/c1-3-11-20-18(12-14-7-5-4-6-8-14)16-10-9-15(21-2)13-17(16)19/h4-10,13,18,20H,3,11-12H2,1-2H3. The Hall–Kier alpha value is -1.32. The van der Waals surface area contributed by atoms with Gasteiger partial charge in [-0.05, 0) is 42.6 Å². The minimum Gasteiger partial charge on any atom is -0.497 e. The molecule has 0 amide bonds. The molecule has 2 rings (SSSR count). The lowest BCUT2D eigenvalue weighted by atomic mass is 9.98. The second kappa shape index (κ2) is 8.20. The van der Waals surface area contributed by atoms with Gasteiger partial charge in [-0.2, -0.15) is 0 Å². The Morgan fingerprint density at radius 1 is 1.14 bits per heavy atom. The van der Waals surface area contributed by atoms with Gasteiger partial charge in [-0.25, -0.2) is 0 Å². The van der Waals surface area contributed by atoms with Crippen molar-refractivity contribution < 1.29 is 4.74 Å². The summed E-state index contributed by atoms with van der Waals surface area (Å²) in [7, 11) is 1.69. The molecule has 1 unspecified atom stereocenters. The maximum atomic E-state index is 5.28. The molecule has 1 atom stereocenters. The van der Waals surface area contributed by atoms with E-state index in [1.165, 1.54) is 11.1 Å². The van der Waals surface area contributed by atoms with Crippen molar-refractivity contribution in [2.24, 2.45) is 0 Å². The van der Waals surface area contributed by atoms with Gasteiger partial charge in [0.05, 0.1) is 7.11 Å². The summed E-state index contributed by atoms with van der Waals surface area (Å²) in [5.41, 5.74) is 2.61. The summed E-state index contributed by atoms with van der Waals surface area (Å²) in [6, 6.07) is 17.1. The average Bonchev–Trinajstić information content (AvgIpc) is 2.52. The number of ether oxygens (including phenoxy) is 1. The van der Waals surface area contributed by atoms with Crippen molar-refractivity contribution in [2.75, 3.05) is 13.7 Å². The Labute approximate surface area is 135 Å². The maximum absolute atomic E-state index is 5.28. The Balaban J connectivity index is 2.22. The van der Waals surface area contributed by atoms with Gasteiger partial charge >= 0.3 is 0 Å². The normalized spacial score (nSPS) is 12.1. The fraction of sp³-hybridized carbons (Fsp3) is 0.333. The van der Waals surface area contributed by atoms with Gasteiger partial charge in [0, 0.05) is 10.5 Å². The van der Waals surface area contributed by atoms with Gasteiger partial charge < -0.3 is 10.1 Å². The predicted octanol–water partition coefficient (Wildman–Crippen LogP) is 4.74. The van der Waals surface area contributed by atoms with E-state index >= 15 is 0 Å². The van der Waals surface area contributed by atoms with E-state index in [2.05, 4.69) is 64.6 Å². The molecule has 0 aliphatic heterocycles. The molecule has 112 valence electrons. The van der Waals surface area contributed by atoms with Gasteiger partial charge in [-0.3, -0.25) is 0 Å². The highest BCUT2D eigenvalue weighted by Gasteiger charge is 2.15. The summed E-state index contributed by atoms with van der Waals surface area (Å²) in [6.07, 6.45) is 2.10. The maximum Gasteiger partial charge on any atom is 0.120 e. The number of benzene rings is 2. The third-order valence-electron chi connectivity index (χ3n) is 3.51. The SMILES string of the molecule is CCCNC(Cc1ccccc1)c1ccc(OC)cc1Br. The Bertz CT molecular complexity index is 556. The Kier molecular flexibility index (Phi) is 6.27. The van der Waals surface area contributed by atoms with Gasteiger partial charge in [0.15, 0.2) is 0 Å². The lowest BCUT2D eigenvalue weighted by Gasteiger charge is -2.21. The summed E-state index contributed by atoms with van der Waals surface area (Å²) < 4.78 is 6.37. The van der Waals surface area contributed by atoms with E-state index in [-0.39, 0.29) is 0 Å². The van der Waals surface area contributed by atoms with Crippen LogP contribution in [0.15, 0.2) is 53.0 Å². The van der Waals surface area contributed by atoms with Crippen LogP contribution in [0.2, 0.25) is 0 Å². The highest BCUT2D eigenvalue weighted by atomic mass is 79.9. The van der Waals surface area contributed by atoms with Crippen molar-refractivity contribution in [3.63, 3.8) is 0 Å². The van der Waals surface area contributed by atoms with E-state index in [0.717, 1.165) is 29.6 Å². The van der Waals surface area contributed by atoms with Crippen LogP contribution < -0.4 is 10.1 Å². The number of hydrogen-bond donors (Lipinski definition) is 1. The van der Waals surface area contributed by atoms with Crippen LogP contribution in [0.5, 0.6) is 5.75 Å². The zero-order valence-electron chi connectivity index (χ0n) is 12.6. The van der Waals surface area contributed by atoms with Gasteiger partial charge in [-0.15, -0.1) is 0 Å². The molecular formula is C18H22BrNO. The largest absolute Gasteiger partial charge is 0.497 e. The third kappa shape index (κ3) is 4.58. The number of rotatable bonds is 7. The van der Waals surface area contributed by atoms with E-state index in [1.807, 2.05) is 12.1 Å². The van der Waals surface area contributed by atoms with Crippen LogP contribution in [0.1, 0.15) is 30.5 Å². The molecule has 21 heavy (non-hydrogen) atoms. The van der Waals surface area contributed by atoms with Gasteiger partial charge in [0.1, 0.15) is 5.75 Å². The van der Waals surface area contributed by atoms with Crippen molar-refractivity contribution in [1.29, 1.82) is 0 Å². The Morgan fingerprint density at radius 2 is 1.90 bits per heavy atom. The molecule has 3 heteroatoms. The van der Waals surface area contributed by atoms with Crippen LogP contribution in [0, 0.1) is 0 Å². The molecule has 0 heterocycles. The molecule has 2 aromatic rings. The van der Waals surface area contributed by atoms with Crippen LogP contribution >= 0.6 is 15.9 Å². The highest BCUT2D eigenvalue weighted by molar-refractivity contribution is 9.10. The van der Waals surface area contributed by atoms with Crippen molar-refractivity contribution in [3.8, 4) is 5.75 Å². The van der Waals surface area contributed by atoms with Gasteiger partial charge in [0.2, 0.25) is 0 Å². The number of hydrogen-bond acceptors (Lipinski definition) is 2. The summed E-state index contributed by atoms with van der Waals surface area (Å²) in [6.45, 7) is 3.20. The summed E-state index contributed by atoms with van der Waals surface area (Å²) >= 11 is 3.67. The summed E-state index contributed by atoms with van der Waals surface area (Å²) in [5.74, 6) is 0.875. The van der Waals surface area contributed by atoms with Crippen molar-refractivity contribution in [3.05, 3.63) is 64.1 Å². The molecule has 0 saturated heterocycles. The predicted molar refractivity (Wildman–Crippen MR) is 91.9 cm³/mol. The molecule has 0 aliphatic rings. The molecule has 1 N–H and O–H groups in total. The molecule has 0 aromatic heterocycles. The van der Waals surface area contributed by atoms with Crippen LogP contribution in [-0.2, 0) is 6.42 Å². The number of nitrogens with one attached hydrogen (secondary N) is 1. The zero-order valence-corrected chi connectivity index (χ0v) is 14.2. The minimum absolute atomic E-state index is 0.299. The second-order valence-electron chi connectivity index (χ2n) is 5.08. The monoisotopic (exact) mass is 347 g/mol. The van der Waals surface area contributed by atoms with Gasteiger partial charge in [-0.1, -0.05) is 59.3 Å². The topological polar surface area (TPSA) is 21.3 Å². The first-order valence-electron chi connectivity index (χ1n) is 7.35. The molecule has 0 bridgehead atoms. The van der Waals surface area contributed by atoms with Crippen molar-refractivity contribution in [1.82, 2.24) is 5.32 Å². The first-order chi connectivity index (χ1) is 10.2. The first kappa shape index (κ1) is 16.1. The fourth-order valence-corrected chi connectivity index (χ4v) is 3.01. The van der Waals surface area contributed by atoms with E-state index in [9.17, 15) is 0 Å². The highest BCUT2D eigenvalue weighted by Crippen LogP contribution is 2.29. The lowest BCUT2D eigenvalue weighted by Crippen LogP contribution is -2.24. The van der Waals surface area contributed by atoms with Crippen LogP contribution in [0.4, 0.5) is 0 Å². The average molecular weight is 348 g/mol. The quantitative estimate of drug-likeness (QED) is 0.780. The lowest BCUT2D eigenvalue weighted by molar-refractivity contribution is 0.414. The van der Waals surface area contributed by atoms with E-state index in [0.29, 0.717) is 6.04 Å². The molecule has 0 fully saturated rings. The number of methoxy groups -OCH3 is 1. The van der Waals surface area contributed by atoms with Gasteiger partial charge in [0.25, 0.3) is 0 Å². The first-order valence-corrected chi connectivity index (χ1v) is 8.14. The molecule has 0 aliphatic carbocycles. The molecule has 0 radical (unpaired) electrons. The molecule has 0 saturated carbocycles. The fourth-order valence-electron chi connectivity index (χ4n) is 2.38. The van der Waals surface area contributed by atoms with Crippen LogP contribution in [0.3, 0.4) is 0 Å². The summed E-state index contributed by atoms with van der Waals surface area (Å²) in [4.78, 5) is 0. The van der Waals surface area contributed by atoms with E-state index < -0.39 is 0 Å². The van der Waals surface area contributed by atoms with Crippen LogP contribution in [0.25, 0.3) is 0 Å². The number of halogens is 1. The van der Waals surface area contributed by atoms with Crippen molar-refractivity contribution in [2.45, 2.75) is 25.8 Å². The van der Waals surface area contributed by atoms with Crippen molar-refractivity contribution >= 4 is 15.9 Å². The Morgan fingerprint density at radius 3 is 2.52 bits per heavy atom. The molecule has 2 aromatic carbocycles. The minimum atomic E-state index is 0.299. The third-order valence-corrected chi connectivity index (χ3v) is 4.19. The molecule has 0 spiro atoms. The smallest absolute Gasteiger partial charge is 0.120 e. The molecule has 2 nitrogen and oxygen atoms in total. The van der Waals surface area contributed by atoms with Crippen LogP contribution in [-0.4, -0.2) is 13.7 Å². The van der Waals surface area contributed by atoms with E-state index in [1.54, 1.807) is 7.11 Å². The zero-order chi connectivity index (χ0) is 15.1. The van der Waals surface area contributed by atoms with E-state index in [4.69, 9.17) is 4.74 Å².